The Morgan fingerprint density at radius 2 is 1.57 bits per heavy atom. The lowest BCUT2D eigenvalue weighted by Gasteiger charge is -2.09. The van der Waals surface area contributed by atoms with Crippen molar-refractivity contribution in [1.82, 2.24) is 0 Å². The highest BCUT2D eigenvalue weighted by Gasteiger charge is 2.07. The molecule has 106 valence electrons. The zero-order valence-electron chi connectivity index (χ0n) is 12.1. The number of hydrogen-bond donors (Lipinski definition) is 1. The van der Waals surface area contributed by atoms with Gasteiger partial charge in [0.15, 0.2) is 0 Å². The maximum Gasteiger partial charge on any atom is 0.0986 e. The Balaban J connectivity index is 2.39. The zero-order valence-corrected chi connectivity index (χ0v) is 12.9. The Hall–Kier alpha value is -2.01. The van der Waals surface area contributed by atoms with Crippen LogP contribution in [0, 0.1) is 11.8 Å². The van der Waals surface area contributed by atoms with E-state index in [-0.39, 0.29) is 0 Å². The van der Waals surface area contributed by atoms with E-state index in [4.69, 9.17) is 11.6 Å². The van der Waals surface area contributed by atoms with E-state index in [1.807, 2.05) is 68.5 Å². The average molecular weight is 297 g/mol. The summed E-state index contributed by atoms with van der Waals surface area (Å²) in [6.45, 7) is 3.92. The molecule has 0 bridgehead atoms. The summed E-state index contributed by atoms with van der Waals surface area (Å²) in [6, 6.07) is 15.1. The van der Waals surface area contributed by atoms with E-state index in [9.17, 15) is 5.11 Å². The molecule has 0 spiro atoms. The lowest BCUT2D eigenvalue weighted by molar-refractivity contribution is 0.227. The number of benzene rings is 2. The maximum absolute atomic E-state index is 10.3. The summed E-state index contributed by atoms with van der Waals surface area (Å²) >= 11 is 6.10. The van der Waals surface area contributed by atoms with Crippen molar-refractivity contribution in [3.8, 4) is 11.8 Å². The van der Waals surface area contributed by atoms with Crippen molar-refractivity contribution in [3.63, 3.8) is 0 Å². The van der Waals surface area contributed by atoms with Crippen molar-refractivity contribution in [2.24, 2.45) is 0 Å². The maximum atomic E-state index is 10.3. The van der Waals surface area contributed by atoms with Gasteiger partial charge in [-0.3, -0.25) is 0 Å². The molecule has 1 unspecified atom stereocenters. The molecule has 1 atom stereocenters. The van der Waals surface area contributed by atoms with Crippen LogP contribution in [0.5, 0.6) is 0 Å². The summed E-state index contributed by atoms with van der Waals surface area (Å²) < 4.78 is 0. The molecule has 0 aliphatic carbocycles. The first-order chi connectivity index (χ1) is 10.1. The van der Waals surface area contributed by atoms with Crippen LogP contribution in [0.15, 0.2) is 60.2 Å². The Kier molecular flexibility index (Phi) is 5.22. The molecule has 0 aliphatic heterocycles. The fourth-order valence-corrected chi connectivity index (χ4v) is 2.15. The van der Waals surface area contributed by atoms with E-state index >= 15 is 0 Å². The van der Waals surface area contributed by atoms with Crippen LogP contribution in [0.2, 0.25) is 5.02 Å². The molecule has 0 heterocycles. The third kappa shape index (κ3) is 4.23. The summed E-state index contributed by atoms with van der Waals surface area (Å²) in [5.41, 5.74) is 3.46. The van der Waals surface area contributed by atoms with E-state index < -0.39 is 6.10 Å². The third-order valence-electron chi connectivity index (χ3n) is 2.98. The molecule has 1 nitrogen and oxygen atoms in total. The van der Waals surface area contributed by atoms with Gasteiger partial charge < -0.3 is 5.11 Å². The molecule has 0 amide bonds. The largest absolute Gasteiger partial charge is 0.384 e. The minimum atomic E-state index is -0.647. The lowest BCUT2D eigenvalue weighted by atomic mass is 10.0. The van der Waals surface area contributed by atoms with E-state index in [0.717, 1.165) is 22.3 Å². The van der Waals surface area contributed by atoms with Crippen molar-refractivity contribution >= 4 is 11.6 Å². The van der Waals surface area contributed by atoms with Crippen molar-refractivity contribution in [1.29, 1.82) is 0 Å². The van der Waals surface area contributed by atoms with Crippen LogP contribution in [-0.4, -0.2) is 5.11 Å². The molecule has 21 heavy (non-hydrogen) atoms. The van der Waals surface area contributed by atoms with Gasteiger partial charge in [-0.05, 0) is 37.6 Å². The zero-order chi connectivity index (χ0) is 15.2. The van der Waals surface area contributed by atoms with Gasteiger partial charge in [-0.2, -0.15) is 0 Å². The smallest absolute Gasteiger partial charge is 0.0986 e. The number of aliphatic hydroxyl groups is 1. The van der Waals surface area contributed by atoms with Crippen molar-refractivity contribution in [2.75, 3.05) is 0 Å². The number of rotatable bonds is 2. The molecular weight excluding hydrogens is 280 g/mol. The fraction of sp³-hybridized carbons (Fsp3) is 0.158. The molecular formula is C19H17ClO. The molecule has 0 saturated carbocycles. The van der Waals surface area contributed by atoms with Gasteiger partial charge in [0.2, 0.25) is 0 Å². The van der Waals surface area contributed by atoms with Crippen molar-refractivity contribution in [3.05, 3.63) is 81.9 Å². The molecule has 1 N–H and O–H groups in total. The van der Waals surface area contributed by atoms with E-state index in [2.05, 4.69) is 11.8 Å². The number of allylic oxidation sites excluding steroid dienone is 1. The van der Waals surface area contributed by atoms with Gasteiger partial charge in [0, 0.05) is 11.1 Å². The van der Waals surface area contributed by atoms with Crippen LogP contribution < -0.4 is 0 Å². The van der Waals surface area contributed by atoms with Crippen molar-refractivity contribution < 1.29 is 5.11 Å². The second kappa shape index (κ2) is 7.13. The van der Waals surface area contributed by atoms with Gasteiger partial charge in [-0.15, -0.1) is 0 Å². The first kappa shape index (κ1) is 15.4. The van der Waals surface area contributed by atoms with Gasteiger partial charge in [-0.1, -0.05) is 65.4 Å². The normalized spacial score (nSPS) is 11.2. The second-order valence-corrected chi connectivity index (χ2v) is 5.41. The number of hydrogen-bond acceptors (Lipinski definition) is 1. The van der Waals surface area contributed by atoms with Gasteiger partial charge in [0.05, 0.1) is 11.1 Å². The summed E-state index contributed by atoms with van der Waals surface area (Å²) in [6.07, 6.45) is 1.17. The summed E-state index contributed by atoms with van der Waals surface area (Å²) in [5, 5.41) is 10.9. The van der Waals surface area contributed by atoms with Crippen LogP contribution in [-0.2, 0) is 0 Å². The van der Waals surface area contributed by atoms with Crippen LogP contribution >= 0.6 is 11.6 Å². The molecule has 2 aromatic carbocycles. The minimum Gasteiger partial charge on any atom is -0.384 e. The highest BCUT2D eigenvalue weighted by Crippen LogP contribution is 2.20. The highest BCUT2D eigenvalue weighted by atomic mass is 35.5. The van der Waals surface area contributed by atoms with Gasteiger partial charge in [0.1, 0.15) is 0 Å². The summed E-state index contributed by atoms with van der Waals surface area (Å²) in [7, 11) is 0. The van der Waals surface area contributed by atoms with Gasteiger partial charge >= 0.3 is 0 Å². The van der Waals surface area contributed by atoms with E-state index in [1.54, 1.807) is 0 Å². The summed E-state index contributed by atoms with van der Waals surface area (Å²) in [5.74, 6) is 6.16. The average Bonchev–Trinajstić information content (AvgIpc) is 2.46. The quantitative estimate of drug-likeness (QED) is 0.627. The molecule has 0 radical (unpaired) electrons. The fourth-order valence-electron chi connectivity index (χ4n) is 1.97. The molecule has 0 aliphatic rings. The molecule has 2 aromatic rings. The van der Waals surface area contributed by atoms with Gasteiger partial charge in [-0.25, -0.2) is 0 Å². The van der Waals surface area contributed by atoms with Crippen LogP contribution in [0.25, 0.3) is 0 Å². The molecule has 0 aromatic heterocycles. The molecule has 2 rings (SSSR count). The lowest BCUT2D eigenvalue weighted by Crippen LogP contribution is -1.97. The van der Waals surface area contributed by atoms with Crippen LogP contribution in [0.4, 0.5) is 0 Å². The first-order valence-corrected chi connectivity index (χ1v) is 7.14. The van der Waals surface area contributed by atoms with E-state index in [0.29, 0.717) is 5.02 Å². The second-order valence-electron chi connectivity index (χ2n) is 5.01. The first-order valence-electron chi connectivity index (χ1n) is 6.76. The number of aliphatic hydroxyl groups excluding tert-OH is 1. The Bertz CT molecular complexity index is 716. The standard InChI is InChI=1S/C19H17ClO/c1-14(2)13-19(21)17-9-5-3-7-15(17)11-12-16-8-4-6-10-18(16)20/h3-10,13,19,21H,1-2H3. The predicted octanol–water partition coefficient (Wildman–Crippen LogP) is 4.74. The van der Waals surface area contributed by atoms with Crippen LogP contribution in [0.1, 0.15) is 36.6 Å². The Morgan fingerprint density at radius 3 is 2.24 bits per heavy atom. The van der Waals surface area contributed by atoms with E-state index in [1.165, 1.54) is 0 Å². The Morgan fingerprint density at radius 1 is 1.00 bits per heavy atom. The van der Waals surface area contributed by atoms with Crippen molar-refractivity contribution in [2.45, 2.75) is 20.0 Å². The minimum absolute atomic E-state index is 0.632. The predicted molar refractivity (Wildman–Crippen MR) is 88.3 cm³/mol. The highest BCUT2D eigenvalue weighted by molar-refractivity contribution is 6.31. The SMILES string of the molecule is CC(C)=CC(O)c1ccccc1C#Cc1ccccc1Cl. The summed E-state index contributed by atoms with van der Waals surface area (Å²) in [4.78, 5) is 0. The molecule has 0 saturated heterocycles. The third-order valence-corrected chi connectivity index (χ3v) is 3.31. The van der Waals surface area contributed by atoms with Gasteiger partial charge in [0.25, 0.3) is 0 Å². The topological polar surface area (TPSA) is 20.2 Å². The Labute approximate surface area is 130 Å². The number of halogens is 1. The monoisotopic (exact) mass is 296 g/mol. The van der Waals surface area contributed by atoms with Crippen LogP contribution in [0.3, 0.4) is 0 Å². The molecule has 2 heteroatoms. The molecule has 0 fully saturated rings.